The van der Waals surface area contributed by atoms with E-state index in [1.54, 1.807) is 0 Å². The Kier molecular flexibility index (Phi) is 2.38. The number of phenolic OH excluding ortho intramolecular Hbond substituents is 1. The topological polar surface area (TPSA) is 42.2 Å². The fourth-order valence-corrected chi connectivity index (χ4v) is 1.68. The van der Waals surface area contributed by atoms with Gasteiger partial charge in [-0.3, -0.25) is 4.79 Å². The predicted octanol–water partition coefficient (Wildman–Crippen LogP) is 2.26. The molecule has 2 aromatic rings. The maximum atomic E-state index is 12.8. The number of fused-ring (bicyclic) bond motifs is 1. The van der Waals surface area contributed by atoms with Gasteiger partial charge in [-0.15, -0.1) is 0 Å². The first-order chi connectivity index (χ1) is 7.80. The number of pyridine rings is 1. The highest BCUT2D eigenvalue weighted by Gasteiger charge is 2.33. The maximum absolute atomic E-state index is 12.8. The second-order valence-corrected chi connectivity index (χ2v) is 3.69. The molecule has 1 aromatic heterocycles. The van der Waals surface area contributed by atoms with Crippen LogP contribution >= 0.6 is 0 Å². The van der Waals surface area contributed by atoms with E-state index in [-0.39, 0.29) is 16.5 Å². The van der Waals surface area contributed by atoms with Crippen LogP contribution in [0.3, 0.4) is 0 Å². The van der Waals surface area contributed by atoms with Gasteiger partial charge in [-0.1, -0.05) is 0 Å². The molecule has 2 rings (SSSR count). The molecule has 0 atom stereocenters. The molecule has 0 unspecified atom stereocenters. The number of hydrogen-bond acceptors (Lipinski definition) is 2. The Bertz CT molecular complexity index is 643. The zero-order valence-corrected chi connectivity index (χ0v) is 8.75. The third-order valence-electron chi connectivity index (χ3n) is 2.47. The summed E-state index contributed by atoms with van der Waals surface area (Å²) in [6.07, 6.45) is -3.85. The average molecular weight is 243 g/mol. The number of hydrogen-bond donors (Lipinski definition) is 1. The molecular weight excluding hydrogens is 235 g/mol. The fraction of sp³-hybridized carbons (Fsp3) is 0.182. The Labute approximate surface area is 93.7 Å². The lowest BCUT2D eigenvalue weighted by Crippen LogP contribution is -2.20. The minimum Gasteiger partial charge on any atom is -0.508 e. The third kappa shape index (κ3) is 1.86. The summed E-state index contributed by atoms with van der Waals surface area (Å²) in [5, 5.41) is 8.84. The molecule has 1 heterocycles. The highest BCUT2D eigenvalue weighted by atomic mass is 19.4. The first kappa shape index (κ1) is 11.5. The summed E-state index contributed by atoms with van der Waals surface area (Å²) in [6.45, 7) is 0. The molecule has 1 N–H and O–H groups in total. The summed E-state index contributed by atoms with van der Waals surface area (Å²) in [5.41, 5.74) is -1.47. The van der Waals surface area contributed by atoms with E-state index in [1.807, 2.05) is 0 Å². The van der Waals surface area contributed by atoms with Crippen molar-refractivity contribution in [2.75, 3.05) is 0 Å². The molecule has 0 aliphatic carbocycles. The number of alkyl halides is 3. The Hall–Kier alpha value is -1.98. The summed E-state index contributed by atoms with van der Waals surface area (Å²) in [5.74, 6) is -0.309. The minimum atomic E-state index is -4.57. The van der Waals surface area contributed by atoms with Gasteiger partial charge in [0.2, 0.25) is 0 Å². The highest BCUT2D eigenvalue weighted by molar-refractivity contribution is 5.86. The van der Waals surface area contributed by atoms with Crippen molar-refractivity contribution in [3.63, 3.8) is 0 Å². The number of phenols is 1. The van der Waals surface area contributed by atoms with Crippen LogP contribution in [0.15, 0.2) is 29.2 Å². The fourth-order valence-electron chi connectivity index (χ4n) is 1.68. The van der Waals surface area contributed by atoms with Crippen LogP contribution in [0.25, 0.3) is 10.8 Å². The number of aromatic hydroxyl groups is 1. The number of rotatable bonds is 0. The van der Waals surface area contributed by atoms with Gasteiger partial charge in [0.05, 0.1) is 5.56 Å². The normalized spacial score (nSPS) is 12.0. The number of halogens is 3. The largest absolute Gasteiger partial charge is 0.508 e. The lowest BCUT2D eigenvalue weighted by Gasteiger charge is -2.12. The van der Waals surface area contributed by atoms with Crippen LogP contribution in [0.5, 0.6) is 5.75 Å². The van der Waals surface area contributed by atoms with E-state index in [4.69, 9.17) is 0 Å². The molecule has 1 aromatic carbocycles. The first-order valence-electron chi connectivity index (χ1n) is 4.70. The summed E-state index contributed by atoms with van der Waals surface area (Å²) < 4.78 is 39.2. The lowest BCUT2D eigenvalue weighted by molar-refractivity contribution is -0.136. The molecule has 3 nitrogen and oxygen atoms in total. The molecule has 0 radical (unpaired) electrons. The van der Waals surface area contributed by atoms with Gasteiger partial charge in [-0.05, 0) is 18.2 Å². The van der Waals surface area contributed by atoms with Crippen LogP contribution in [0.2, 0.25) is 0 Å². The summed E-state index contributed by atoms with van der Waals surface area (Å²) in [6, 6.07) is 3.31. The highest BCUT2D eigenvalue weighted by Crippen LogP contribution is 2.34. The Morgan fingerprint density at radius 2 is 1.88 bits per heavy atom. The predicted molar refractivity (Wildman–Crippen MR) is 55.9 cm³/mol. The number of aromatic nitrogens is 1. The Balaban J connectivity index is 2.99. The van der Waals surface area contributed by atoms with Crippen molar-refractivity contribution in [1.82, 2.24) is 4.57 Å². The monoisotopic (exact) mass is 243 g/mol. The minimum absolute atomic E-state index is 0.0693. The Morgan fingerprint density at radius 3 is 2.47 bits per heavy atom. The van der Waals surface area contributed by atoms with Crippen molar-refractivity contribution in [3.8, 4) is 5.75 Å². The molecule has 0 bridgehead atoms. The van der Waals surface area contributed by atoms with Crippen LogP contribution in [0.1, 0.15) is 5.56 Å². The summed E-state index contributed by atoms with van der Waals surface area (Å²) in [7, 11) is 1.25. The second kappa shape index (κ2) is 3.51. The molecule has 90 valence electrons. The average Bonchev–Trinajstić information content (AvgIpc) is 2.21. The number of aryl methyl sites for hydroxylation is 1. The molecule has 6 heteroatoms. The van der Waals surface area contributed by atoms with Gasteiger partial charge in [0.25, 0.3) is 5.56 Å². The number of nitrogens with zero attached hydrogens (tertiary/aromatic N) is 1. The summed E-state index contributed by atoms with van der Waals surface area (Å²) in [4.78, 5) is 11.6. The van der Waals surface area contributed by atoms with E-state index in [0.29, 0.717) is 0 Å². The smallest absolute Gasteiger partial charge is 0.418 e. The van der Waals surface area contributed by atoms with Gasteiger partial charge >= 0.3 is 6.18 Å². The van der Waals surface area contributed by atoms with E-state index in [2.05, 4.69) is 0 Å². The quantitative estimate of drug-likeness (QED) is 0.771. The van der Waals surface area contributed by atoms with Crippen molar-refractivity contribution in [1.29, 1.82) is 0 Å². The van der Waals surface area contributed by atoms with Crippen LogP contribution in [0, 0.1) is 0 Å². The SMILES string of the molecule is Cn1cc(C(F)(F)F)c2cc(O)ccc2c1=O. The van der Waals surface area contributed by atoms with Crippen molar-refractivity contribution in [2.24, 2.45) is 7.05 Å². The van der Waals surface area contributed by atoms with Crippen LogP contribution in [-0.2, 0) is 13.2 Å². The molecule has 0 saturated carbocycles. The van der Waals surface area contributed by atoms with E-state index >= 15 is 0 Å². The third-order valence-corrected chi connectivity index (χ3v) is 2.47. The van der Waals surface area contributed by atoms with Crippen LogP contribution in [-0.4, -0.2) is 9.67 Å². The Morgan fingerprint density at radius 1 is 1.24 bits per heavy atom. The van der Waals surface area contributed by atoms with Crippen molar-refractivity contribution in [3.05, 3.63) is 40.3 Å². The van der Waals surface area contributed by atoms with Crippen molar-refractivity contribution < 1.29 is 18.3 Å². The second-order valence-electron chi connectivity index (χ2n) is 3.69. The van der Waals surface area contributed by atoms with Gasteiger partial charge in [-0.2, -0.15) is 13.2 Å². The van der Waals surface area contributed by atoms with Gasteiger partial charge in [0, 0.05) is 24.0 Å². The lowest BCUT2D eigenvalue weighted by atomic mass is 10.1. The number of benzene rings is 1. The molecule has 0 saturated heterocycles. The van der Waals surface area contributed by atoms with Gasteiger partial charge in [0.15, 0.2) is 0 Å². The molecule has 0 aliphatic heterocycles. The van der Waals surface area contributed by atoms with Crippen LogP contribution in [0.4, 0.5) is 13.2 Å². The van der Waals surface area contributed by atoms with Crippen molar-refractivity contribution >= 4 is 10.8 Å². The van der Waals surface area contributed by atoms with Crippen LogP contribution < -0.4 is 5.56 Å². The molecule has 17 heavy (non-hydrogen) atoms. The molecule has 0 fully saturated rings. The van der Waals surface area contributed by atoms with Crippen molar-refractivity contribution in [2.45, 2.75) is 6.18 Å². The van der Waals surface area contributed by atoms with Gasteiger partial charge in [-0.25, -0.2) is 0 Å². The molecule has 0 spiro atoms. The molecule has 0 amide bonds. The van der Waals surface area contributed by atoms with Gasteiger partial charge < -0.3 is 9.67 Å². The zero-order valence-electron chi connectivity index (χ0n) is 8.75. The first-order valence-corrected chi connectivity index (χ1v) is 4.70. The van der Waals surface area contributed by atoms with E-state index in [0.717, 1.165) is 16.8 Å². The van der Waals surface area contributed by atoms with E-state index < -0.39 is 17.3 Å². The molecular formula is C11H8F3NO2. The maximum Gasteiger partial charge on any atom is 0.418 e. The summed E-state index contributed by atoms with van der Waals surface area (Å²) >= 11 is 0. The van der Waals surface area contributed by atoms with E-state index in [9.17, 15) is 23.1 Å². The van der Waals surface area contributed by atoms with E-state index in [1.165, 1.54) is 19.2 Å². The van der Waals surface area contributed by atoms with Gasteiger partial charge in [0.1, 0.15) is 5.75 Å². The standard InChI is InChI=1S/C11H8F3NO2/c1-15-5-9(11(12,13)14)8-4-6(16)2-3-7(8)10(15)17/h2-5,16H,1H3. The zero-order chi connectivity index (χ0) is 12.8. The molecule has 0 aliphatic rings.